The van der Waals surface area contributed by atoms with E-state index in [1.807, 2.05) is 40.0 Å². The molecule has 0 fully saturated rings. The fourth-order valence-corrected chi connectivity index (χ4v) is 2.35. The van der Waals surface area contributed by atoms with E-state index in [4.69, 9.17) is 5.73 Å². The van der Waals surface area contributed by atoms with Gasteiger partial charge in [-0.15, -0.1) is 11.3 Å². The lowest BCUT2D eigenvalue weighted by atomic mass is 10.4. The van der Waals surface area contributed by atoms with Crippen LogP contribution < -0.4 is 5.73 Å². The van der Waals surface area contributed by atoms with E-state index in [-0.39, 0.29) is 0 Å². The van der Waals surface area contributed by atoms with Gasteiger partial charge in [0.15, 0.2) is 4.96 Å². The molecule has 0 bridgehead atoms. The lowest BCUT2D eigenvalue weighted by Gasteiger charge is -1.95. The highest BCUT2D eigenvalue weighted by atomic mass is 32.1. The molecule has 0 aliphatic rings. The summed E-state index contributed by atoms with van der Waals surface area (Å²) >= 11 is 1.62. The first-order valence-electron chi connectivity index (χ1n) is 4.93. The van der Waals surface area contributed by atoms with Gasteiger partial charge in [-0.25, -0.2) is 4.98 Å². The van der Waals surface area contributed by atoms with Crippen molar-refractivity contribution in [1.82, 2.24) is 19.2 Å². The summed E-state index contributed by atoms with van der Waals surface area (Å²) in [4.78, 5) is 5.49. The number of aryl methyl sites for hydroxylation is 1. The zero-order valence-corrected chi connectivity index (χ0v) is 9.61. The number of hydrogen-bond acceptors (Lipinski definition) is 4. The molecule has 0 aromatic carbocycles. The Balaban J connectivity index is 1.91. The van der Waals surface area contributed by atoms with Gasteiger partial charge < -0.3 is 5.73 Å². The fourth-order valence-electron chi connectivity index (χ4n) is 1.64. The van der Waals surface area contributed by atoms with Gasteiger partial charge in [-0.1, -0.05) is 0 Å². The molecule has 6 heteroatoms. The number of imidazole rings is 1. The minimum Gasteiger partial charge on any atom is -0.382 e. The predicted octanol–water partition coefficient (Wildman–Crippen LogP) is 1.53. The molecular weight excluding hydrogens is 222 g/mol. The Morgan fingerprint density at radius 3 is 3.00 bits per heavy atom. The van der Waals surface area contributed by atoms with Crippen LogP contribution in [0.25, 0.3) is 4.96 Å². The topological polar surface area (TPSA) is 61.1 Å². The third-order valence-corrected chi connectivity index (χ3v) is 3.22. The summed E-state index contributed by atoms with van der Waals surface area (Å²) in [5.74, 6) is 0.584. The number of nitrogen functional groups attached to an aromatic ring is 1. The standard InChI is InChI=1S/C10H11N5S/c1-7-4-15(13-9(7)11)6-8-5-14-2-3-16-10(14)12-8/h2-5H,6H2,1H3,(H2,11,13). The molecular formula is C10H11N5S. The van der Waals surface area contributed by atoms with Crippen LogP contribution in [0.2, 0.25) is 0 Å². The SMILES string of the molecule is Cc1cn(Cc2cn3ccsc3n2)nc1N. The molecule has 5 nitrogen and oxygen atoms in total. The minimum absolute atomic E-state index is 0.584. The summed E-state index contributed by atoms with van der Waals surface area (Å²) in [6.45, 7) is 2.61. The van der Waals surface area contributed by atoms with E-state index in [1.54, 1.807) is 11.3 Å². The maximum atomic E-state index is 5.69. The van der Waals surface area contributed by atoms with Crippen molar-refractivity contribution < 1.29 is 0 Å². The number of nitrogens with two attached hydrogens (primary N) is 1. The lowest BCUT2D eigenvalue weighted by molar-refractivity contribution is 0.678. The molecule has 0 saturated carbocycles. The smallest absolute Gasteiger partial charge is 0.193 e. The van der Waals surface area contributed by atoms with Crippen LogP contribution in [0.5, 0.6) is 0 Å². The monoisotopic (exact) mass is 233 g/mol. The maximum absolute atomic E-state index is 5.69. The number of rotatable bonds is 2. The second-order valence-electron chi connectivity index (χ2n) is 3.72. The van der Waals surface area contributed by atoms with Crippen LogP contribution in [0, 0.1) is 6.92 Å². The van der Waals surface area contributed by atoms with Crippen molar-refractivity contribution in [1.29, 1.82) is 0 Å². The molecule has 0 radical (unpaired) electrons. The first-order valence-corrected chi connectivity index (χ1v) is 5.81. The van der Waals surface area contributed by atoms with E-state index >= 15 is 0 Å². The van der Waals surface area contributed by atoms with Gasteiger partial charge in [0.2, 0.25) is 0 Å². The fraction of sp³-hybridized carbons (Fsp3) is 0.200. The Kier molecular flexibility index (Phi) is 1.97. The molecule has 82 valence electrons. The summed E-state index contributed by atoms with van der Waals surface area (Å²) in [7, 11) is 0. The van der Waals surface area contributed by atoms with Crippen molar-refractivity contribution in [3.05, 3.63) is 35.2 Å². The van der Waals surface area contributed by atoms with Gasteiger partial charge in [0.05, 0.1) is 12.2 Å². The van der Waals surface area contributed by atoms with Gasteiger partial charge in [0.25, 0.3) is 0 Å². The van der Waals surface area contributed by atoms with E-state index < -0.39 is 0 Å². The van der Waals surface area contributed by atoms with Crippen molar-refractivity contribution >= 4 is 22.1 Å². The number of anilines is 1. The highest BCUT2D eigenvalue weighted by Gasteiger charge is 2.05. The maximum Gasteiger partial charge on any atom is 0.193 e. The largest absolute Gasteiger partial charge is 0.382 e. The Bertz CT molecular complexity index is 585. The van der Waals surface area contributed by atoms with Crippen LogP contribution in [0.1, 0.15) is 11.3 Å². The Labute approximate surface area is 96.1 Å². The molecule has 16 heavy (non-hydrogen) atoms. The molecule has 0 unspecified atom stereocenters. The highest BCUT2D eigenvalue weighted by Crippen LogP contribution is 2.13. The van der Waals surface area contributed by atoms with Gasteiger partial charge in [-0.2, -0.15) is 5.10 Å². The Morgan fingerprint density at radius 2 is 2.31 bits per heavy atom. The molecule has 0 spiro atoms. The quantitative estimate of drug-likeness (QED) is 0.730. The first-order chi connectivity index (χ1) is 7.72. The van der Waals surface area contributed by atoms with Crippen LogP contribution in [0.3, 0.4) is 0 Å². The number of fused-ring (bicyclic) bond motifs is 1. The van der Waals surface area contributed by atoms with Gasteiger partial charge in [0.1, 0.15) is 5.82 Å². The summed E-state index contributed by atoms with van der Waals surface area (Å²) in [6.07, 6.45) is 5.95. The third-order valence-electron chi connectivity index (χ3n) is 2.45. The van der Waals surface area contributed by atoms with Gasteiger partial charge in [-0.3, -0.25) is 9.08 Å². The molecule has 0 saturated heterocycles. The van der Waals surface area contributed by atoms with Gasteiger partial charge >= 0.3 is 0 Å². The molecule has 0 aliphatic carbocycles. The number of thiazole rings is 1. The van der Waals surface area contributed by atoms with Crippen LogP contribution in [-0.4, -0.2) is 19.2 Å². The first kappa shape index (κ1) is 9.41. The summed E-state index contributed by atoms with van der Waals surface area (Å²) in [6, 6.07) is 0. The Hall–Kier alpha value is -1.82. The molecule has 2 N–H and O–H groups in total. The highest BCUT2D eigenvalue weighted by molar-refractivity contribution is 7.15. The second-order valence-corrected chi connectivity index (χ2v) is 4.59. The van der Waals surface area contributed by atoms with E-state index in [2.05, 4.69) is 10.1 Å². The number of nitrogens with zero attached hydrogens (tertiary/aromatic N) is 4. The van der Waals surface area contributed by atoms with E-state index in [0.29, 0.717) is 12.4 Å². The number of hydrogen-bond donors (Lipinski definition) is 1. The van der Waals surface area contributed by atoms with Gasteiger partial charge in [-0.05, 0) is 6.92 Å². The Morgan fingerprint density at radius 1 is 1.44 bits per heavy atom. The second kappa shape index (κ2) is 3.34. The van der Waals surface area contributed by atoms with Crippen LogP contribution in [-0.2, 0) is 6.54 Å². The summed E-state index contributed by atoms with van der Waals surface area (Å²) < 4.78 is 3.83. The average Bonchev–Trinajstić information content (AvgIpc) is 2.83. The van der Waals surface area contributed by atoms with Crippen LogP contribution in [0.4, 0.5) is 5.82 Å². The van der Waals surface area contributed by atoms with Crippen molar-refractivity contribution in [2.45, 2.75) is 13.5 Å². The average molecular weight is 233 g/mol. The van der Waals surface area contributed by atoms with Crippen molar-refractivity contribution in [2.24, 2.45) is 0 Å². The van der Waals surface area contributed by atoms with Crippen molar-refractivity contribution in [2.75, 3.05) is 5.73 Å². The molecule has 3 heterocycles. The van der Waals surface area contributed by atoms with Crippen molar-refractivity contribution in [3.8, 4) is 0 Å². The summed E-state index contributed by atoms with van der Waals surface area (Å²) in [5, 5.41) is 6.22. The zero-order valence-electron chi connectivity index (χ0n) is 8.79. The van der Waals surface area contributed by atoms with Crippen molar-refractivity contribution in [3.63, 3.8) is 0 Å². The lowest BCUT2D eigenvalue weighted by Crippen LogP contribution is -2.01. The van der Waals surface area contributed by atoms with E-state index in [9.17, 15) is 0 Å². The molecule has 0 atom stereocenters. The zero-order chi connectivity index (χ0) is 11.1. The molecule has 3 aromatic heterocycles. The van der Waals surface area contributed by atoms with Crippen LogP contribution >= 0.6 is 11.3 Å². The number of aromatic nitrogens is 4. The molecule has 0 aliphatic heterocycles. The van der Waals surface area contributed by atoms with E-state index in [1.165, 1.54) is 0 Å². The summed E-state index contributed by atoms with van der Waals surface area (Å²) in [5.41, 5.74) is 7.69. The van der Waals surface area contributed by atoms with E-state index in [0.717, 1.165) is 16.2 Å². The predicted molar refractivity (Wildman–Crippen MR) is 63.5 cm³/mol. The van der Waals surface area contributed by atoms with Crippen LogP contribution in [0.15, 0.2) is 24.0 Å². The van der Waals surface area contributed by atoms with Gasteiger partial charge in [0, 0.05) is 29.5 Å². The molecule has 0 amide bonds. The molecule has 3 aromatic rings. The minimum atomic E-state index is 0.584. The normalized spacial score (nSPS) is 11.3. The molecule has 3 rings (SSSR count). The third kappa shape index (κ3) is 1.47.